The number of benzene rings is 1. The highest BCUT2D eigenvalue weighted by Gasteiger charge is 2.56. The van der Waals surface area contributed by atoms with E-state index in [-0.39, 0.29) is 17.8 Å². The Bertz CT molecular complexity index is 389. The molecule has 0 N–H and O–H groups in total. The van der Waals surface area contributed by atoms with Crippen molar-refractivity contribution in [3.05, 3.63) is 30.3 Å². The van der Waals surface area contributed by atoms with Gasteiger partial charge in [0.1, 0.15) is 8.07 Å². The van der Waals surface area contributed by atoms with Crippen LogP contribution in [0.25, 0.3) is 0 Å². The van der Waals surface area contributed by atoms with Crippen LogP contribution in [0.3, 0.4) is 0 Å². The van der Waals surface area contributed by atoms with Crippen molar-refractivity contribution in [2.24, 2.45) is 0 Å². The minimum atomic E-state index is -1.71. The third-order valence-electron chi connectivity index (χ3n) is 3.15. The minimum Gasteiger partial charge on any atom is -0.467 e. The van der Waals surface area contributed by atoms with Crippen molar-refractivity contribution in [2.75, 3.05) is 7.11 Å². The van der Waals surface area contributed by atoms with Crippen LogP contribution in [0.15, 0.2) is 30.3 Å². The van der Waals surface area contributed by atoms with Crippen LogP contribution >= 0.6 is 0 Å². The zero-order valence-corrected chi connectivity index (χ0v) is 10.8. The standard InChI is InChI=1S/C12H16O3Si/c1-14-11(13)10-12(15-10)16(2,3)9-7-5-4-6-8-9/h4-8,10,12H,1-3H3/t10-,12-/m0/s1. The van der Waals surface area contributed by atoms with Gasteiger partial charge in [-0.1, -0.05) is 48.6 Å². The van der Waals surface area contributed by atoms with Crippen LogP contribution in [-0.2, 0) is 14.3 Å². The van der Waals surface area contributed by atoms with Crippen molar-refractivity contribution < 1.29 is 14.3 Å². The van der Waals surface area contributed by atoms with E-state index in [1.807, 2.05) is 18.2 Å². The van der Waals surface area contributed by atoms with Crippen LogP contribution in [0.2, 0.25) is 13.1 Å². The zero-order valence-electron chi connectivity index (χ0n) is 9.77. The van der Waals surface area contributed by atoms with E-state index in [2.05, 4.69) is 25.2 Å². The Balaban J connectivity index is 2.14. The van der Waals surface area contributed by atoms with E-state index in [0.717, 1.165) is 0 Å². The first-order valence-electron chi connectivity index (χ1n) is 5.36. The van der Waals surface area contributed by atoms with Crippen molar-refractivity contribution in [2.45, 2.75) is 24.9 Å². The summed E-state index contributed by atoms with van der Waals surface area (Å²) in [5, 5.41) is 1.31. The normalized spacial score (nSPS) is 23.9. The summed E-state index contributed by atoms with van der Waals surface area (Å²) in [5.74, 6) is -0.249. The Labute approximate surface area is 96.4 Å². The number of rotatable bonds is 3. The average Bonchev–Trinajstić information content (AvgIpc) is 3.10. The number of carbonyl (C=O) groups excluding carboxylic acids is 1. The quantitative estimate of drug-likeness (QED) is 0.448. The third-order valence-corrected chi connectivity index (χ3v) is 6.84. The fourth-order valence-electron chi connectivity index (χ4n) is 1.99. The molecule has 1 aliphatic rings. The van der Waals surface area contributed by atoms with Crippen molar-refractivity contribution in [1.29, 1.82) is 0 Å². The lowest BCUT2D eigenvalue weighted by Gasteiger charge is -2.20. The lowest BCUT2D eigenvalue weighted by Crippen LogP contribution is -2.48. The molecule has 1 saturated heterocycles. The minimum absolute atomic E-state index is 0.0577. The first-order chi connectivity index (χ1) is 7.57. The topological polar surface area (TPSA) is 38.8 Å². The fourth-order valence-corrected chi connectivity index (χ4v) is 4.75. The van der Waals surface area contributed by atoms with E-state index in [4.69, 9.17) is 9.47 Å². The maximum Gasteiger partial charge on any atom is 0.337 e. The van der Waals surface area contributed by atoms with E-state index in [1.165, 1.54) is 12.3 Å². The van der Waals surface area contributed by atoms with Gasteiger partial charge in [-0.3, -0.25) is 0 Å². The average molecular weight is 236 g/mol. The molecule has 86 valence electrons. The molecule has 2 atom stereocenters. The maximum absolute atomic E-state index is 11.3. The smallest absolute Gasteiger partial charge is 0.337 e. The van der Waals surface area contributed by atoms with Gasteiger partial charge in [-0.05, 0) is 0 Å². The van der Waals surface area contributed by atoms with Gasteiger partial charge < -0.3 is 9.47 Å². The van der Waals surface area contributed by atoms with Gasteiger partial charge >= 0.3 is 5.97 Å². The molecule has 1 aromatic carbocycles. The van der Waals surface area contributed by atoms with Crippen LogP contribution in [-0.4, -0.2) is 33.0 Å². The predicted molar refractivity (Wildman–Crippen MR) is 64.2 cm³/mol. The number of hydrogen-bond acceptors (Lipinski definition) is 3. The predicted octanol–water partition coefficient (Wildman–Crippen LogP) is 1.08. The van der Waals surface area contributed by atoms with Crippen LogP contribution in [0.1, 0.15) is 0 Å². The second kappa shape index (κ2) is 4.03. The Morgan fingerprint density at radius 2 is 1.94 bits per heavy atom. The van der Waals surface area contributed by atoms with Crippen LogP contribution < -0.4 is 5.19 Å². The molecule has 0 spiro atoms. The molecule has 1 heterocycles. The van der Waals surface area contributed by atoms with E-state index >= 15 is 0 Å². The van der Waals surface area contributed by atoms with E-state index < -0.39 is 8.07 Å². The second-order valence-corrected chi connectivity index (χ2v) is 9.18. The molecule has 1 aliphatic heterocycles. The molecular formula is C12H16O3Si. The van der Waals surface area contributed by atoms with Crippen molar-refractivity contribution in [3.63, 3.8) is 0 Å². The molecule has 16 heavy (non-hydrogen) atoms. The van der Waals surface area contributed by atoms with Gasteiger partial charge in [0.05, 0.1) is 12.8 Å². The molecule has 3 nitrogen and oxygen atoms in total. The molecule has 0 amide bonds. The van der Waals surface area contributed by atoms with E-state index in [9.17, 15) is 4.79 Å². The Morgan fingerprint density at radius 1 is 1.31 bits per heavy atom. The summed E-state index contributed by atoms with van der Waals surface area (Å²) in [6.07, 6.45) is -0.341. The molecule has 1 fully saturated rings. The van der Waals surface area contributed by atoms with Gasteiger partial charge in [0.2, 0.25) is 0 Å². The number of hydrogen-bond donors (Lipinski definition) is 0. The highest BCUT2D eigenvalue weighted by Crippen LogP contribution is 2.31. The third kappa shape index (κ3) is 1.90. The summed E-state index contributed by atoms with van der Waals surface area (Å²) >= 11 is 0. The maximum atomic E-state index is 11.3. The summed E-state index contributed by atoms with van der Waals surface area (Å²) < 4.78 is 10.2. The van der Waals surface area contributed by atoms with Gasteiger partial charge in [-0.15, -0.1) is 0 Å². The Kier molecular flexibility index (Phi) is 2.86. The summed E-state index contributed by atoms with van der Waals surface area (Å²) in [7, 11) is -0.310. The highest BCUT2D eigenvalue weighted by molar-refractivity contribution is 6.91. The number of methoxy groups -OCH3 is 1. The summed E-state index contributed by atoms with van der Waals surface area (Å²) in [4.78, 5) is 11.3. The SMILES string of the molecule is COC(=O)[C@@H]1O[C@H]1[Si](C)(C)c1ccccc1. The molecule has 0 saturated carbocycles. The monoisotopic (exact) mass is 236 g/mol. The number of carbonyl (C=O) groups is 1. The van der Waals surface area contributed by atoms with Gasteiger partial charge in [-0.2, -0.15) is 0 Å². The largest absolute Gasteiger partial charge is 0.467 e. The molecule has 4 heteroatoms. The Hall–Kier alpha value is -1.13. The van der Waals surface area contributed by atoms with Crippen molar-refractivity contribution in [3.8, 4) is 0 Å². The van der Waals surface area contributed by atoms with Crippen LogP contribution in [0.4, 0.5) is 0 Å². The highest BCUT2D eigenvalue weighted by atomic mass is 28.3. The lowest BCUT2D eigenvalue weighted by molar-refractivity contribution is -0.142. The zero-order chi connectivity index (χ0) is 11.8. The molecule has 0 aliphatic carbocycles. The first kappa shape index (κ1) is 11.4. The molecular weight excluding hydrogens is 220 g/mol. The van der Waals surface area contributed by atoms with Crippen molar-refractivity contribution in [1.82, 2.24) is 0 Å². The fraction of sp³-hybridized carbons (Fsp3) is 0.417. The molecule has 0 aromatic heterocycles. The van der Waals surface area contributed by atoms with Gasteiger partial charge in [0, 0.05) is 0 Å². The molecule has 0 unspecified atom stereocenters. The Morgan fingerprint density at radius 3 is 2.50 bits per heavy atom. The molecule has 2 rings (SSSR count). The molecule has 1 aromatic rings. The van der Waals surface area contributed by atoms with Gasteiger partial charge in [0.15, 0.2) is 6.10 Å². The second-order valence-electron chi connectivity index (χ2n) is 4.59. The summed E-state index contributed by atoms with van der Waals surface area (Å²) in [6, 6.07) is 10.3. The molecule has 0 bridgehead atoms. The first-order valence-corrected chi connectivity index (χ1v) is 8.44. The number of ether oxygens (including phenoxy) is 2. The number of esters is 1. The van der Waals surface area contributed by atoms with Crippen molar-refractivity contribution >= 4 is 19.2 Å². The van der Waals surface area contributed by atoms with Crippen LogP contribution in [0.5, 0.6) is 0 Å². The summed E-state index contributed by atoms with van der Waals surface area (Å²) in [6.45, 7) is 4.44. The van der Waals surface area contributed by atoms with E-state index in [0.29, 0.717) is 0 Å². The van der Waals surface area contributed by atoms with E-state index in [1.54, 1.807) is 0 Å². The summed E-state index contributed by atoms with van der Waals surface area (Å²) in [5.41, 5.74) is 0.0577. The van der Waals surface area contributed by atoms with Gasteiger partial charge in [0.25, 0.3) is 0 Å². The van der Waals surface area contributed by atoms with Crippen LogP contribution in [0, 0.1) is 0 Å². The van der Waals surface area contributed by atoms with Gasteiger partial charge in [-0.25, -0.2) is 4.79 Å². The number of epoxide rings is 1. The molecule has 0 radical (unpaired) electrons. The lowest BCUT2D eigenvalue weighted by atomic mass is 10.4.